The molecule has 8 heteroatoms. The van der Waals surface area contributed by atoms with E-state index in [2.05, 4.69) is 5.32 Å². The van der Waals surface area contributed by atoms with Crippen LogP contribution in [0.4, 0.5) is 5.69 Å². The van der Waals surface area contributed by atoms with Gasteiger partial charge >= 0.3 is 0 Å². The van der Waals surface area contributed by atoms with Crippen molar-refractivity contribution in [1.29, 1.82) is 0 Å². The van der Waals surface area contributed by atoms with Crippen LogP contribution in [0.3, 0.4) is 0 Å². The van der Waals surface area contributed by atoms with E-state index < -0.39 is 21.7 Å². The number of nitrogens with one attached hydrogen (secondary N) is 1. The van der Waals surface area contributed by atoms with E-state index in [9.17, 15) is 18.0 Å². The summed E-state index contributed by atoms with van der Waals surface area (Å²) in [6, 6.07) is 4.33. The summed E-state index contributed by atoms with van der Waals surface area (Å²) in [6.45, 7) is 4.47. The highest BCUT2D eigenvalue weighted by molar-refractivity contribution is 7.89. The molecule has 0 bridgehead atoms. The Bertz CT molecular complexity index is 804. The number of likely N-dealkylation sites (N-methyl/N-ethyl adjacent to an activating group) is 1. The van der Waals surface area contributed by atoms with Crippen LogP contribution < -0.4 is 10.2 Å². The number of amides is 1. The lowest BCUT2D eigenvalue weighted by molar-refractivity contribution is -0.114. The molecule has 0 saturated carbocycles. The molecule has 24 heavy (non-hydrogen) atoms. The number of rotatable bonds is 4. The summed E-state index contributed by atoms with van der Waals surface area (Å²) in [7, 11) is -1.86. The fourth-order valence-electron chi connectivity index (χ4n) is 3.25. The third-order valence-corrected chi connectivity index (χ3v) is 6.46. The van der Waals surface area contributed by atoms with Crippen molar-refractivity contribution in [3.05, 3.63) is 23.8 Å². The van der Waals surface area contributed by atoms with Gasteiger partial charge in [-0.15, -0.1) is 0 Å². The molecule has 2 aliphatic heterocycles. The third-order valence-electron chi connectivity index (χ3n) is 4.60. The Morgan fingerprint density at radius 2 is 1.96 bits per heavy atom. The number of ketones is 1. The third kappa shape index (κ3) is 2.54. The molecule has 1 aromatic rings. The topological polar surface area (TPSA) is 86.8 Å². The molecule has 1 N–H and O–H groups in total. The first-order valence-corrected chi connectivity index (χ1v) is 9.40. The second-order valence-electron chi connectivity index (χ2n) is 6.41. The number of hydrogen-bond acceptors (Lipinski definition) is 5. The molecule has 1 aromatic carbocycles. The molecule has 130 valence electrons. The van der Waals surface area contributed by atoms with Gasteiger partial charge in [-0.3, -0.25) is 9.59 Å². The fraction of sp³-hybridized carbons (Fsp3) is 0.500. The zero-order valence-corrected chi connectivity index (χ0v) is 14.8. The highest BCUT2D eigenvalue weighted by Crippen LogP contribution is 2.33. The summed E-state index contributed by atoms with van der Waals surface area (Å²) in [4.78, 5) is 25.8. The van der Waals surface area contributed by atoms with Crippen LogP contribution in [0.2, 0.25) is 0 Å². The van der Waals surface area contributed by atoms with Gasteiger partial charge in [-0.2, -0.15) is 4.31 Å². The Kier molecular flexibility index (Phi) is 4.23. The Morgan fingerprint density at radius 3 is 2.54 bits per heavy atom. The zero-order chi connectivity index (χ0) is 17.6. The van der Waals surface area contributed by atoms with Crippen LogP contribution in [-0.2, 0) is 14.8 Å². The number of hydrogen-bond donors (Lipinski definition) is 1. The molecule has 1 saturated heterocycles. The van der Waals surface area contributed by atoms with Gasteiger partial charge in [0.2, 0.25) is 10.0 Å². The van der Waals surface area contributed by atoms with E-state index in [4.69, 9.17) is 0 Å². The van der Waals surface area contributed by atoms with Crippen molar-refractivity contribution in [1.82, 2.24) is 9.62 Å². The van der Waals surface area contributed by atoms with Crippen LogP contribution in [0, 0.1) is 0 Å². The first kappa shape index (κ1) is 17.1. The van der Waals surface area contributed by atoms with Crippen molar-refractivity contribution in [2.75, 3.05) is 25.0 Å². The molecule has 3 rings (SSSR count). The van der Waals surface area contributed by atoms with E-state index in [-0.39, 0.29) is 22.5 Å². The highest BCUT2D eigenvalue weighted by atomic mass is 32.2. The number of benzene rings is 1. The van der Waals surface area contributed by atoms with E-state index in [0.29, 0.717) is 18.8 Å². The summed E-state index contributed by atoms with van der Waals surface area (Å²) in [5.74, 6) is -1.25. The number of nitrogens with zero attached hydrogens (tertiary/aromatic N) is 2. The lowest BCUT2D eigenvalue weighted by Crippen LogP contribution is -2.35. The summed E-state index contributed by atoms with van der Waals surface area (Å²) in [5, 5.41) is 3.08. The minimum atomic E-state index is -3.67. The Hall–Kier alpha value is -1.77. The predicted octanol–water partition coefficient (Wildman–Crippen LogP) is 0.607. The van der Waals surface area contributed by atoms with Gasteiger partial charge in [-0.05, 0) is 45.5 Å². The van der Waals surface area contributed by atoms with Crippen molar-refractivity contribution in [2.24, 2.45) is 0 Å². The van der Waals surface area contributed by atoms with E-state index in [0.717, 1.165) is 6.42 Å². The van der Waals surface area contributed by atoms with Crippen molar-refractivity contribution in [3.8, 4) is 0 Å². The maximum atomic E-state index is 12.8. The SMILES string of the molecule is CNC1CCN(S(=O)(=O)c2ccc3c(c2)C(=O)C(=O)N3C(C)C)C1. The van der Waals surface area contributed by atoms with E-state index in [1.165, 1.54) is 21.3 Å². The smallest absolute Gasteiger partial charge is 0.299 e. The predicted molar refractivity (Wildman–Crippen MR) is 89.6 cm³/mol. The van der Waals surface area contributed by atoms with E-state index in [1.807, 2.05) is 13.8 Å². The molecular weight excluding hydrogens is 330 g/mol. The van der Waals surface area contributed by atoms with Crippen LogP contribution in [0.15, 0.2) is 23.1 Å². The monoisotopic (exact) mass is 351 g/mol. The Morgan fingerprint density at radius 1 is 1.25 bits per heavy atom. The lowest BCUT2D eigenvalue weighted by atomic mass is 10.1. The number of anilines is 1. The summed E-state index contributed by atoms with van der Waals surface area (Å²) in [6.07, 6.45) is 0.749. The Balaban J connectivity index is 1.98. The molecule has 1 unspecified atom stereocenters. The second-order valence-corrected chi connectivity index (χ2v) is 8.35. The molecular formula is C16H21N3O4S. The van der Waals surface area contributed by atoms with Gasteiger partial charge in [0.1, 0.15) is 0 Å². The van der Waals surface area contributed by atoms with Crippen LogP contribution in [0.1, 0.15) is 30.6 Å². The van der Waals surface area contributed by atoms with E-state index >= 15 is 0 Å². The minimum absolute atomic E-state index is 0.0600. The average Bonchev–Trinajstić information content (AvgIpc) is 3.12. The largest absolute Gasteiger partial charge is 0.316 e. The van der Waals surface area contributed by atoms with E-state index in [1.54, 1.807) is 13.1 Å². The molecule has 1 amide bonds. The highest BCUT2D eigenvalue weighted by Gasteiger charge is 2.39. The molecule has 2 aliphatic rings. The second kappa shape index (κ2) is 5.94. The molecule has 1 atom stereocenters. The standard InChI is InChI=1S/C16H21N3O4S/c1-10(2)19-14-5-4-12(8-13(14)15(20)16(19)21)24(22,23)18-7-6-11(9-18)17-3/h4-5,8,10-11,17H,6-7,9H2,1-3H3. The molecule has 0 radical (unpaired) electrons. The number of fused-ring (bicyclic) bond motifs is 1. The van der Waals surface area contributed by atoms with Gasteiger partial charge in [0.25, 0.3) is 11.7 Å². The quantitative estimate of drug-likeness (QED) is 0.803. The first-order chi connectivity index (χ1) is 11.3. The first-order valence-electron chi connectivity index (χ1n) is 7.96. The van der Waals surface area contributed by atoms with Gasteiger partial charge in [-0.25, -0.2) is 8.42 Å². The summed E-state index contributed by atoms with van der Waals surface area (Å²) >= 11 is 0. The van der Waals surface area contributed by atoms with Gasteiger partial charge in [0.05, 0.1) is 16.1 Å². The maximum Gasteiger partial charge on any atom is 0.299 e. The van der Waals surface area contributed by atoms with Crippen molar-refractivity contribution in [3.63, 3.8) is 0 Å². The van der Waals surface area contributed by atoms with Gasteiger partial charge < -0.3 is 10.2 Å². The fourth-order valence-corrected chi connectivity index (χ4v) is 4.77. The molecule has 7 nitrogen and oxygen atoms in total. The molecule has 1 fully saturated rings. The maximum absolute atomic E-state index is 12.8. The molecule has 0 aromatic heterocycles. The average molecular weight is 351 g/mol. The Labute approximate surface area is 141 Å². The lowest BCUT2D eigenvalue weighted by Gasteiger charge is -2.21. The van der Waals surface area contributed by atoms with Crippen molar-refractivity contribution < 1.29 is 18.0 Å². The summed E-state index contributed by atoms with van der Waals surface area (Å²) in [5.41, 5.74) is 0.646. The van der Waals surface area contributed by atoms with Crippen molar-refractivity contribution >= 4 is 27.4 Å². The van der Waals surface area contributed by atoms with Crippen LogP contribution in [0.5, 0.6) is 0 Å². The number of carbonyl (C=O) groups excluding carboxylic acids is 2. The zero-order valence-electron chi connectivity index (χ0n) is 13.9. The van der Waals surface area contributed by atoms with Crippen LogP contribution in [-0.4, -0.2) is 56.6 Å². The molecule has 2 heterocycles. The molecule has 0 spiro atoms. The van der Waals surface area contributed by atoms with Crippen LogP contribution in [0.25, 0.3) is 0 Å². The van der Waals surface area contributed by atoms with Gasteiger partial charge in [0.15, 0.2) is 0 Å². The number of Topliss-reactive ketones (excluding diaryl/α,β-unsaturated/α-hetero) is 1. The number of carbonyl (C=O) groups is 2. The van der Waals surface area contributed by atoms with Crippen LogP contribution >= 0.6 is 0 Å². The number of sulfonamides is 1. The van der Waals surface area contributed by atoms with Gasteiger partial charge in [0, 0.05) is 25.2 Å². The molecule has 0 aliphatic carbocycles. The van der Waals surface area contributed by atoms with Crippen molar-refractivity contribution in [2.45, 2.75) is 37.2 Å². The summed E-state index contributed by atoms with van der Waals surface area (Å²) < 4.78 is 27.0. The normalized spacial score (nSPS) is 21.8. The minimum Gasteiger partial charge on any atom is -0.316 e. The van der Waals surface area contributed by atoms with Gasteiger partial charge in [-0.1, -0.05) is 0 Å².